The number of rotatable bonds is 2. The van der Waals surface area contributed by atoms with Gasteiger partial charge < -0.3 is 15.5 Å². The van der Waals surface area contributed by atoms with Crippen LogP contribution in [0, 0.1) is 0 Å². The van der Waals surface area contributed by atoms with Crippen molar-refractivity contribution in [3.63, 3.8) is 0 Å². The smallest absolute Gasteiger partial charge is 0.200 e. The van der Waals surface area contributed by atoms with Crippen LogP contribution in [0.5, 0.6) is 0 Å². The van der Waals surface area contributed by atoms with E-state index in [9.17, 15) is 0 Å². The van der Waals surface area contributed by atoms with E-state index < -0.39 is 0 Å². The minimum absolute atomic E-state index is 0.386. The van der Waals surface area contributed by atoms with Gasteiger partial charge in [-0.1, -0.05) is 23.2 Å². The van der Waals surface area contributed by atoms with E-state index in [4.69, 9.17) is 35.4 Å². The van der Waals surface area contributed by atoms with Gasteiger partial charge in [0.2, 0.25) is 5.96 Å². The molecule has 0 bridgehead atoms. The number of aliphatic imine (C=N–C) groups is 1. The first-order valence-corrected chi connectivity index (χ1v) is 7.48. The second kappa shape index (κ2) is 6.61. The van der Waals surface area contributed by atoms with E-state index in [2.05, 4.69) is 34.4 Å². The molecule has 20 heavy (non-hydrogen) atoms. The van der Waals surface area contributed by atoms with Crippen LogP contribution in [0.3, 0.4) is 0 Å². The van der Waals surface area contributed by atoms with E-state index >= 15 is 0 Å². The molecule has 0 aliphatic carbocycles. The summed E-state index contributed by atoms with van der Waals surface area (Å²) in [6, 6.07) is 5.66. The van der Waals surface area contributed by atoms with Gasteiger partial charge in [0.15, 0.2) is 5.11 Å². The van der Waals surface area contributed by atoms with Crippen LogP contribution in [-0.4, -0.2) is 35.1 Å². The fourth-order valence-corrected chi connectivity index (χ4v) is 2.42. The second-order valence-electron chi connectivity index (χ2n) is 4.70. The lowest BCUT2D eigenvalue weighted by molar-refractivity contribution is 0.374. The first-order chi connectivity index (χ1) is 9.47. The summed E-state index contributed by atoms with van der Waals surface area (Å²) in [5.41, 5.74) is 0.784. The molecular formula is C13H16Cl2N4S. The molecule has 0 unspecified atom stereocenters. The van der Waals surface area contributed by atoms with Gasteiger partial charge in [0.05, 0.1) is 16.6 Å². The molecule has 0 atom stereocenters. The fourth-order valence-electron chi connectivity index (χ4n) is 1.91. The number of thiocarbonyl (C=S) groups is 1. The van der Waals surface area contributed by atoms with E-state index in [-0.39, 0.29) is 0 Å². The molecule has 0 saturated carbocycles. The molecule has 0 fully saturated rings. The Balaban J connectivity index is 1.97. The standard InChI is InChI=1S/C13H16Cl2N4S/c1-8(2)19-6-5-16-12(19)18-13(20)17-9-3-4-10(14)11(15)7-9/h3-4,7-8H,5-6H2,1-2H3,(H2,16,17,18,20). The zero-order valence-corrected chi connectivity index (χ0v) is 13.6. The van der Waals surface area contributed by atoms with Crippen LogP contribution in [-0.2, 0) is 0 Å². The van der Waals surface area contributed by atoms with E-state index in [1.165, 1.54) is 0 Å². The first-order valence-electron chi connectivity index (χ1n) is 6.31. The van der Waals surface area contributed by atoms with Crippen LogP contribution in [0.4, 0.5) is 5.69 Å². The number of hydrogen-bond donors (Lipinski definition) is 2. The molecule has 0 spiro atoms. The monoisotopic (exact) mass is 330 g/mol. The average molecular weight is 331 g/mol. The molecule has 4 nitrogen and oxygen atoms in total. The van der Waals surface area contributed by atoms with Crippen molar-refractivity contribution in [3.05, 3.63) is 28.2 Å². The van der Waals surface area contributed by atoms with Crippen LogP contribution in [0.2, 0.25) is 10.0 Å². The molecule has 1 heterocycles. The van der Waals surface area contributed by atoms with Crippen molar-refractivity contribution < 1.29 is 0 Å². The van der Waals surface area contributed by atoms with Crippen molar-refractivity contribution in [1.82, 2.24) is 10.2 Å². The zero-order chi connectivity index (χ0) is 14.7. The van der Waals surface area contributed by atoms with Gasteiger partial charge in [0.1, 0.15) is 0 Å². The van der Waals surface area contributed by atoms with Gasteiger partial charge in [-0.15, -0.1) is 0 Å². The van der Waals surface area contributed by atoms with Gasteiger partial charge in [0, 0.05) is 18.3 Å². The quantitative estimate of drug-likeness (QED) is 0.815. The molecule has 1 aromatic rings. The Morgan fingerprint density at radius 2 is 2.05 bits per heavy atom. The van der Waals surface area contributed by atoms with Crippen LogP contribution < -0.4 is 10.6 Å². The highest BCUT2D eigenvalue weighted by Gasteiger charge is 2.20. The lowest BCUT2D eigenvalue weighted by atomic mass is 10.3. The van der Waals surface area contributed by atoms with Crippen LogP contribution >= 0.6 is 35.4 Å². The largest absolute Gasteiger partial charge is 0.338 e. The summed E-state index contributed by atoms with van der Waals surface area (Å²) in [6.07, 6.45) is 0. The normalized spacial score (nSPS) is 14.4. The highest BCUT2D eigenvalue weighted by molar-refractivity contribution is 7.80. The van der Waals surface area contributed by atoms with Crippen LogP contribution in [0.1, 0.15) is 13.8 Å². The Hall–Kier alpha value is -1.04. The molecule has 1 aliphatic heterocycles. The third-order valence-corrected chi connectivity index (χ3v) is 3.84. The molecule has 0 radical (unpaired) electrons. The van der Waals surface area contributed by atoms with Crippen molar-refractivity contribution in [3.8, 4) is 0 Å². The Kier molecular flexibility index (Phi) is 5.07. The molecule has 1 aromatic carbocycles. The van der Waals surface area contributed by atoms with Crippen molar-refractivity contribution in [1.29, 1.82) is 0 Å². The minimum Gasteiger partial charge on any atom is -0.338 e. The van der Waals surface area contributed by atoms with Gasteiger partial charge in [-0.25, -0.2) is 0 Å². The molecule has 108 valence electrons. The predicted octanol–water partition coefficient (Wildman–Crippen LogP) is 3.36. The van der Waals surface area contributed by atoms with Crippen LogP contribution in [0.25, 0.3) is 0 Å². The summed E-state index contributed by atoms with van der Waals surface area (Å²) >= 11 is 17.1. The maximum atomic E-state index is 5.96. The number of nitrogens with one attached hydrogen (secondary N) is 2. The molecule has 0 amide bonds. The van der Waals surface area contributed by atoms with E-state index in [1.54, 1.807) is 12.1 Å². The minimum atomic E-state index is 0.386. The Bertz CT molecular complexity index is 545. The predicted molar refractivity (Wildman–Crippen MR) is 90.0 cm³/mol. The molecule has 1 aliphatic rings. The van der Waals surface area contributed by atoms with Gasteiger partial charge in [-0.05, 0) is 44.3 Å². The van der Waals surface area contributed by atoms with Crippen molar-refractivity contribution in [2.24, 2.45) is 4.99 Å². The third-order valence-electron chi connectivity index (χ3n) is 2.90. The topological polar surface area (TPSA) is 39.7 Å². The molecular weight excluding hydrogens is 315 g/mol. The fraction of sp³-hybridized carbons (Fsp3) is 0.385. The van der Waals surface area contributed by atoms with Gasteiger partial charge in [-0.2, -0.15) is 0 Å². The Morgan fingerprint density at radius 1 is 1.30 bits per heavy atom. The highest BCUT2D eigenvalue weighted by Crippen LogP contribution is 2.24. The van der Waals surface area contributed by atoms with Gasteiger partial charge in [-0.3, -0.25) is 4.99 Å². The van der Waals surface area contributed by atoms with Crippen LogP contribution in [0.15, 0.2) is 23.2 Å². The molecule has 2 rings (SSSR count). The Morgan fingerprint density at radius 3 is 2.70 bits per heavy atom. The van der Waals surface area contributed by atoms with Crippen molar-refractivity contribution >= 4 is 52.2 Å². The van der Waals surface area contributed by atoms with Crippen molar-refractivity contribution in [2.75, 3.05) is 18.4 Å². The first kappa shape index (κ1) is 15.4. The summed E-state index contributed by atoms with van der Waals surface area (Å²) in [5.74, 6) is 0.803. The maximum Gasteiger partial charge on any atom is 0.200 e. The molecule has 0 saturated heterocycles. The summed E-state index contributed by atoms with van der Waals surface area (Å²) < 4.78 is 0. The SMILES string of the molecule is CC(C)N1CCN=C1NC(=S)Nc1ccc(Cl)c(Cl)c1. The summed E-state index contributed by atoms with van der Waals surface area (Å²) in [6.45, 7) is 5.95. The zero-order valence-electron chi connectivity index (χ0n) is 11.3. The highest BCUT2D eigenvalue weighted by atomic mass is 35.5. The number of anilines is 1. The van der Waals surface area contributed by atoms with Gasteiger partial charge >= 0.3 is 0 Å². The van der Waals surface area contributed by atoms with Gasteiger partial charge in [0.25, 0.3) is 0 Å². The average Bonchev–Trinajstić information content (AvgIpc) is 2.82. The van der Waals surface area contributed by atoms with Crippen molar-refractivity contribution in [2.45, 2.75) is 19.9 Å². The molecule has 7 heteroatoms. The number of guanidine groups is 1. The number of halogens is 2. The maximum absolute atomic E-state index is 5.96. The third kappa shape index (κ3) is 3.75. The summed E-state index contributed by atoms with van der Waals surface area (Å²) in [7, 11) is 0. The second-order valence-corrected chi connectivity index (χ2v) is 5.92. The Labute approximate surface area is 134 Å². The lowest BCUT2D eigenvalue weighted by Crippen LogP contribution is -2.46. The number of benzene rings is 1. The molecule has 2 N–H and O–H groups in total. The lowest BCUT2D eigenvalue weighted by Gasteiger charge is -2.25. The van der Waals surface area contributed by atoms with E-state index in [0.29, 0.717) is 21.2 Å². The summed E-state index contributed by atoms with van der Waals surface area (Å²) in [5, 5.41) is 7.66. The van der Waals surface area contributed by atoms with E-state index in [1.807, 2.05) is 6.07 Å². The number of nitrogens with zero attached hydrogens (tertiary/aromatic N) is 2. The van der Waals surface area contributed by atoms with E-state index in [0.717, 1.165) is 24.7 Å². The summed E-state index contributed by atoms with van der Waals surface area (Å²) in [4.78, 5) is 6.58. The number of hydrogen-bond acceptors (Lipinski definition) is 3. The molecule has 0 aromatic heterocycles.